The predicted octanol–water partition coefficient (Wildman–Crippen LogP) is 2.10. The number of fused-ring (bicyclic) bond motifs is 4. The number of carbonyl (C=O) groups is 1. The lowest BCUT2D eigenvalue weighted by Gasteiger charge is -2.39. The van der Waals surface area contributed by atoms with Gasteiger partial charge in [-0.05, 0) is 30.0 Å². The molecule has 3 aliphatic rings. The van der Waals surface area contributed by atoms with E-state index in [0.29, 0.717) is 23.5 Å². The molecule has 0 spiro atoms. The normalized spacial score (nSPS) is 28.3. The molecular weight excluding hydrogens is 268 g/mol. The average Bonchev–Trinajstić information content (AvgIpc) is 2.94. The number of amides is 1. The number of rotatable bonds is 1. The maximum absolute atomic E-state index is 12.4. The van der Waals surface area contributed by atoms with Gasteiger partial charge < -0.3 is 14.8 Å². The number of hydrogen-bond donors (Lipinski definition) is 1. The van der Waals surface area contributed by atoms with Crippen molar-refractivity contribution < 1.29 is 14.3 Å². The second-order valence-electron chi connectivity index (χ2n) is 5.60. The molecule has 0 fully saturated rings. The molecule has 1 aromatic rings. The maximum Gasteiger partial charge on any atom is 0.251 e. The van der Waals surface area contributed by atoms with Gasteiger partial charge in [-0.25, -0.2) is 0 Å². The molecule has 5 heteroatoms. The topological polar surface area (TPSA) is 71.4 Å². The molecule has 0 radical (unpaired) electrons. The van der Waals surface area contributed by atoms with Crippen molar-refractivity contribution in [2.45, 2.75) is 24.8 Å². The van der Waals surface area contributed by atoms with E-state index in [4.69, 9.17) is 14.7 Å². The molecule has 0 aromatic heterocycles. The van der Waals surface area contributed by atoms with Crippen molar-refractivity contribution in [1.29, 1.82) is 5.26 Å². The van der Waals surface area contributed by atoms with Crippen molar-refractivity contribution >= 4 is 5.91 Å². The summed E-state index contributed by atoms with van der Waals surface area (Å²) in [6, 6.07) is 5.87. The van der Waals surface area contributed by atoms with Crippen molar-refractivity contribution in [3.05, 3.63) is 35.4 Å². The molecule has 0 saturated heterocycles. The summed E-state index contributed by atoms with van der Waals surface area (Å²) in [4.78, 5) is 12.4. The average molecular weight is 282 g/mol. The van der Waals surface area contributed by atoms with Crippen LogP contribution >= 0.6 is 0 Å². The first-order valence-electron chi connectivity index (χ1n) is 7.06. The lowest BCUT2D eigenvalue weighted by atomic mass is 9.73. The van der Waals surface area contributed by atoms with E-state index in [1.807, 2.05) is 6.07 Å². The molecule has 0 unspecified atom stereocenters. The van der Waals surface area contributed by atoms with Crippen LogP contribution in [0.1, 0.15) is 34.7 Å². The highest BCUT2D eigenvalue weighted by atomic mass is 16.7. The fraction of sp³-hybridized carbons (Fsp3) is 0.375. The summed E-state index contributed by atoms with van der Waals surface area (Å²) in [7, 11) is 0. The zero-order valence-corrected chi connectivity index (χ0v) is 11.3. The smallest absolute Gasteiger partial charge is 0.251 e. The van der Waals surface area contributed by atoms with E-state index in [0.717, 1.165) is 12.0 Å². The van der Waals surface area contributed by atoms with Crippen LogP contribution in [0.2, 0.25) is 0 Å². The quantitative estimate of drug-likeness (QED) is 0.801. The first-order valence-corrected chi connectivity index (χ1v) is 7.06. The molecule has 1 amide bonds. The Kier molecular flexibility index (Phi) is 2.64. The van der Waals surface area contributed by atoms with E-state index in [-0.39, 0.29) is 30.6 Å². The Balaban J connectivity index is 1.81. The second-order valence-corrected chi connectivity index (χ2v) is 5.60. The molecule has 0 bridgehead atoms. The molecule has 0 saturated carbocycles. The molecule has 21 heavy (non-hydrogen) atoms. The van der Waals surface area contributed by atoms with Crippen LogP contribution in [0.4, 0.5) is 0 Å². The van der Waals surface area contributed by atoms with Crippen molar-refractivity contribution in [2.75, 3.05) is 6.79 Å². The number of carbonyl (C=O) groups excluding carboxylic acids is 1. The monoisotopic (exact) mass is 282 g/mol. The van der Waals surface area contributed by atoms with E-state index < -0.39 is 0 Å². The molecule has 3 atom stereocenters. The van der Waals surface area contributed by atoms with Crippen molar-refractivity contribution in [3.63, 3.8) is 0 Å². The third kappa shape index (κ3) is 1.79. The Morgan fingerprint density at radius 1 is 1.33 bits per heavy atom. The summed E-state index contributed by atoms with van der Waals surface area (Å²) < 4.78 is 10.8. The van der Waals surface area contributed by atoms with Crippen molar-refractivity contribution in [2.24, 2.45) is 5.92 Å². The SMILES string of the molecule is N#CC[C@@H]1CC=C[C@H]2c3cc4c(cc3C(=O)N[C@@H]12)OCO4. The van der Waals surface area contributed by atoms with Gasteiger partial charge >= 0.3 is 0 Å². The van der Waals surface area contributed by atoms with Crippen LogP contribution in [0, 0.1) is 17.2 Å². The number of nitrogens with zero attached hydrogens (tertiary/aromatic N) is 1. The van der Waals surface area contributed by atoms with Crippen LogP contribution in [-0.4, -0.2) is 18.7 Å². The maximum atomic E-state index is 12.4. The van der Waals surface area contributed by atoms with Crippen LogP contribution in [0.5, 0.6) is 11.5 Å². The lowest BCUT2D eigenvalue weighted by molar-refractivity contribution is 0.0897. The van der Waals surface area contributed by atoms with Gasteiger partial charge in [0.2, 0.25) is 6.79 Å². The summed E-state index contributed by atoms with van der Waals surface area (Å²) in [5.74, 6) is 1.48. The van der Waals surface area contributed by atoms with Crippen LogP contribution < -0.4 is 14.8 Å². The number of nitrogens with one attached hydrogen (secondary N) is 1. The van der Waals surface area contributed by atoms with E-state index in [1.165, 1.54) is 0 Å². The number of nitriles is 1. The van der Waals surface area contributed by atoms with Gasteiger partial charge in [-0.15, -0.1) is 0 Å². The minimum absolute atomic E-state index is 0.0185. The van der Waals surface area contributed by atoms with Gasteiger partial charge in [0, 0.05) is 23.9 Å². The largest absolute Gasteiger partial charge is 0.454 e. The van der Waals surface area contributed by atoms with E-state index in [1.54, 1.807) is 6.07 Å². The van der Waals surface area contributed by atoms with E-state index in [9.17, 15) is 4.79 Å². The van der Waals surface area contributed by atoms with Gasteiger partial charge in [-0.3, -0.25) is 4.79 Å². The van der Waals surface area contributed by atoms with Gasteiger partial charge in [0.15, 0.2) is 11.5 Å². The molecule has 5 nitrogen and oxygen atoms in total. The van der Waals surface area contributed by atoms with Crippen molar-refractivity contribution in [1.82, 2.24) is 5.32 Å². The van der Waals surface area contributed by atoms with Crippen molar-refractivity contribution in [3.8, 4) is 17.6 Å². The van der Waals surface area contributed by atoms with E-state index in [2.05, 4.69) is 23.5 Å². The molecular formula is C16H14N2O3. The van der Waals surface area contributed by atoms with Gasteiger partial charge in [-0.2, -0.15) is 5.26 Å². The highest BCUT2D eigenvalue weighted by molar-refractivity contribution is 5.98. The number of ether oxygens (including phenoxy) is 2. The standard InChI is InChI=1S/C16H14N2O3/c17-5-4-9-2-1-3-10-11-6-13-14(21-8-20-13)7-12(11)16(19)18-15(9)10/h1,3,6-7,9-10,15H,2,4,8H2,(H,18,19)/t9-,10-,15-/m0/s1. The number of hydrogen-bond acceptors (Lipinski definition) is 4. The summed E-state index contributed by atoms with van der Waals surface area (Å²) in [6.45, 7) is 0.195. The van der Waals surface area contributed by atoms with Crippen LogP contribution in [0.25, 0.3) is 0 Å². The van der Waals surface area contributed by atoms with Gasteiger partial charge in [0.1, 0.15) is 0 Å². The third-order valence-corrected chi connectivity index (χ3v) is 4.48. The summed E-state index contributed by atoms with van der Waals surface area (Å²) in [5, 5.41) is 12.0. The molecule has 106 valence electrons. The fourth-order valence-electron chi connectivity index (χ4n) is 3.45. The van der Waals surface area contributed by atoms with Crippen LogP contribution in [0.15, 0.2) is 24.3 Å². The zero-order chi connectivity index (χ0) is 14.4. The molecule has 2 aliphatic heterocycles. The highest BCUT2D eigenvalue weighted by Gasteiger charge is 2.39. The molecule has 1 aliphatic carbocycles. The minimum Gasteiger partial charge on any atom is -0.454 e. The summed E-state index contributed by atoms with van der Waals surface area (Å²) in [6.07, 6.45) is 5.51. The first kappa shape index (κ1) is 12.3. The Bertz CT molecular complexity index is 689. The fourth-order valence-corrected chi connectivity index (χ4v) is 3.45. The van der Waals surface area contributed by atoms with Crippen LogP contribution in [-0.2, 0) is 0 Å². The first-order chi connectivity index (χ1) is 10.3. The highest BCUT2D eigenvalue weighted by Crippen LogP contribution is 2.43. The number of benzene rings is 1. The number of allylic oxidation sites excluding steroid dienone is 1. The van der Waals surface area contributed by atoms with Crippen LogP contribution in [0.3, 0.4) is 0 Å². The van der Waals surface area contributed by atoms with Gasteiger partial charge in [0.25, 0.3) is 5.91 Å². The second kappa shape index (κ2) is 4.52. The lowest BCUT2D eigenvalue weighted by Crippen LogP contribution is -2.49. The Labute approximate surface area is 122 Å². The predicted molar refractivity (Wildman–Crippen MR) is 74.0 cm³/mol. The molecule has 2 heterocycles. The zero-order valence-electron chi connectivity index (χ0n) is 11.3. The van der Waals surface area contributed by atoms with Gasteiger partial charge in [0.05, 0.1) is 6.07 Å². The Morgan fingerprint density at radius 3 is 2.95 bits per heavy atom. The van der Waals surface area contributed by atoms with Gasteiger partial charge in [-0.1, -0.05) is 12.2 Å². The third-order valence-electron chi connectivity index (χ3n) is 4.48. The summed E-state index contributed by atoms with van der Waals surface area (Å²) >= 11 is 0. The Morgan fingerprint density at radius 2 is 2.14 bits per heavy atom. The minimum atomic E-state index is -0.0946. The summed E-state index contributed by atoms with van der Waals surface area (Å²) in [5.41, 5.74) is 1.61. The Hall–Kier alpha value is -2.48. The molecule has 4 rings (SSSR count). The molecule has 1 N–H and O–H groups in total. The van der Waals surface area contributed by atoms with E-state index >= 15 is 0 Å². The molecule has 1 aromatic carbocycles.